The summed E-state index contributed by atoms with van der Waals surface area (Å²) >= 11 is 0. The topological polar surface area (TPSA) is 148 Å². The summed E-state index contributed by atoms with van der Waals surface area (Å²) in [7, 11) is -2.70. The minimum atomic E-state index is -4.26. The molecule has 0 saturated carbocycles. The van der Waals surface area contributed by atoms with E-state index < -0.39 is 20.7 Å². The van der Waals surface area contributed by atoms with Gasteiger partial charge in [0.2, 0.25) is 0 Å². The molecule has 0 atom stereocenters. The van der Waals surface area contributed by atoms with Gasteiger partial charge >= 0.3 is 10.1 Å². The number of rotatable bonds is 7. The van der Waals surface area contributed by atoms with Crippen molar-refractivity contribution >= 4 is 27.2 Å². The molecule has 0 spiro atoms. The first-order valence-corrected chi connectivity index (χ1v) is 8.51. The van der Waals surface area contributed by atoms with E-state index in [1.54, 1.807) is 13.2 Å². The number of hydrogen-bond donors (Lipinski definition) is 2. The van der Waals surface area contributed by atoms with Gasteiger partial charge in [-0.2, -0.15) is 8.42 Å². The largest absolute Gasteiger partial charge is 0.398 e. The minimum Gasteiger partial charge on any atom is -0.398 e. The third kappa shape index (κ3) is 4.37. The monoisotopic (exact) mass is 367 g/mol. The standard InChI is InChI=1S/C15H17N3O6S/c1-23-7-6-10-2-5-15(13(17)8-10)25(21,22)24-11-3-4-12(16)14(9-11)18(19)20/h2-5,8-9H,6-7,16-17H2,1H3. The van der Waals surface area contributed by atoms with Gasteiger partial charge in [0.25, 0.3) is 5.69 Å². The molecule has 0 saturated heterocycles. The van der Waals surface area contributed by atoms with Gasteiger partial charge in [0, 0.05) is 7.11 Å². The van der Waals surface area contributed by atoms with Crippen molar-refractivity contribution in [3.05, 3.63) is 52.1 Å². The lowest BCUT2D eigenvalue weighted by atomic mass is 10.1. The summed E-state index contributed by atoms with van der Waals surface area (Å²) in [6.45, 7) is 0.469. The molecular weight excluding hydrogens is 350 g/mol. The number of hydrogen-bond acceptors (Lipinski definition) is 8. The molecule has 0 bridgehead atoms. The molecule has 4 N–H and O–H groups in total. The highest BCUT2D eigenvalue weighted by molar-refractivity contribution is 7.87. The third-order valence-corrected chi connectivity index (χ3v) is 4.67. The molecule has 0 aromatic heterocycles. The number of benzene rings is 2. The fourth-order valence-corrected chi connectivity index (χ4v) is 3.14. The Kier molecular flexibility index (Phi) is 5.45. The van der Waals surface area contributed by atoms with Crippen LogP contribution in [0.1, 0.15) is 5.56 Å². The van der Waals surface area contributed by atoms with E-state index >= 15 is 0 Å². The Labute approximate surface area is 144 Å². The van der Waals surface area contributed by atoms with Crippen molar-refractivity contribution in [2.45, 2.75) is 11.3 Å². The van der Waals surface area contributed by atoms with E-state index in [0.29, 0.717) is 13.0 Å². The summed E-state index contributed by atoms with van der Waals surface area (Å²) in [6, 6.07) is 7.79. The molecule has 10 heteroatoms. The molecule has 0 radical (unpaired) electrons. The van der Waals surface area contributed by atoms with Gasteiger partial charge in [-0.25, -0.2) is 0 Å². The van der Waals surface area contributed by atoms with Crippen molar-refractivity contribution in [3.8, 4) is 5.75 Å². The number of nitrogen functional groups attached to an aromatic ring is 2. The number of nitro groups is 1. The van der Waals surface area contributed by atoms with Crippen molar-refractivity contribution in [1.82, 2.24) is 0 Å². The molecule has 0 aliphatic heterocycles. The molecule has 0 heterocycles. The van der Waals surface area contributed by atoms with E-state index in [1.165, 1.54) is 24.3 Å². The fourth-order valence-electron chi connectivity index (χ4n) is 2.11. The number of nitro benzene ring substituents is 1. The van der Waals surface area contributed by atoms with Crippen molar-refractivity contribution < 1.29 is 22.3 Å². The second kappa shape index (κ2) is 7.36. The Morgan fingerprint density at radius 2 is 1.84 bits per heavy atom. The van der Waals surface area contributed by atoms with E-state index in [-0.39, 0.29) is 22.0 Å². The van der Waals surface area contributed by atoms with Crippen LogP contribution in [0.5, 0.6) is 5.75 Å². The highest BCUT2D eigenvalue weighted by Crippen LogP contribution is 2.29. The van der Waals surface area contributed by atoms with Crippen LogP contribution in [0.4, 0.5) is 17.1 Å². The summed E-state index contributed by atoms with van der Waals surface area (Å²) in [5.41, 5.74) is 11.5. The van der Waals surface area contributed by atoms with E-state index in [4.69, 9.17) is 20.4 Å². The zero-order valence-corrected chi connectivity index (χ0v) is 14.2. The molecule has 0 unspecified atom stereocenters. The van der Waals surface area contributed by atoms with Crippen LogP contribution >= 0.6 is 0 Å². The van der Waals surface area contributed by atoms with Crippen LogP contribution in [0, 0.1) is 10.1 Å². The van der Waals surface area contributed by atoms with Crippen LogP contribution in [0.2, 0.25) is 0 Å². The highest BCUT2D eigenvalue weighted by Gasteiger charge is 2.22. The van der Waals surface area contributed by atoms with Gasteiger partial charge in [-0.3, -0.25) is 10.1 Å². The van der Waals surface area contributed by atoms with Gasteiger partial charge in [-0.15, -0.1) is 0 Å². The SMILES string of the molecule is COCCc1ccc(S(=O)(=O)Oc2ccc(N)c([N+](=O)[O-])c2)c(N)c1. The summed E-state index contributed by atoms with van der Waals surface area (Å²) in [6.07, 6.45) is 0.575. The molecule has 2 rings (SSSR count). The number of nitrogens with two attached hydrogens (primary N) is 2. The zero-order valence-electron chi connectivity index (χ0n) is 13.3. The van der Waals surface area contributed by atoms with E-state index in [2.05, 4.69) is 0 Å². The Balaban J connectivity index is 2.30. The van der Waals surface area contributed by atoms with Gasteiger partial charge in [0.15, 0.2) is 0 Å². The quantitative estimate of drug-likeness (QED) is 0.325. The second-order valence-electron chi connectivity index (χ2n) is 5.13. The van der Waals surface area contributed by atoms with Gasteiger partial charge in [0.05, 0.1) is 23.3 Å². The van der Waals surface area contributed by atoms with Gasteiger partial charge < -0.3 is 20.4 Å². The van der Waals surface area contributed by atoms with Crippen LogP contribution in [0.3, 0.4) is 0 Å². The van der Waals surface area contributed by atoms with Crippen LogP contribution in [-0.2, 0) is 21.3 Å². The molecule has 0 fully saturated rings. The maximum absolute atomic E-state index is 12.4. The Hall–Kier alpha value is -2.85. The summed E-state index contributed by atoms with van der Waals surface area (Å²) in [4.78, 5) is 9.92. The second-order valence-corrected chi connectivity index (χ2v) is 6.64. The van der Waals surface area contributed by atoms with Crippen LogP contribution < -0.4 is 15.7 Å². The maximum atomic E-state index is 12.4. The predicted octanol–water partition coefficient (Wildman–Crippen LogP) is 1.72. The highest BCUT2D eigenvalue weighted by atomic mass is 32.2. The smallest absolute Gasteiger partial charge is 0.341 e. The van der Waals surface area contributed by atoms with Crippen LogP contribution in [-0.4, -0.2) is 27.1 Å². The van der Waals surface area contributed by atoms with E-state index in [1.807, 2.05) is 0 Å². The van der Waals surface area contributed by atoms with Gasteiger partial charge in [0.1, 0.15) is 16.3 Å². The number of ether oxygens (including phenoxy) is 1. The zero-order chi connectivity index (χ0) is 18.6. The van der Waals surface area contributed by atoms with Crippen molar-refractivity contribution in [3.63, 3.8) is 0 Å². The first-order valence-electron chi connectivity index (χ1n) is 7.10. The molecular formula is C15H17N3O6S. The summed E-state index contributed by atoms with van der Waals surface area (Å²) < 4.78 is 34.7. The Bertz CT molecular complexity index is 898. The molecule has 0 aliphatic carbocycles. The molecule has 2 aromatic carbocycles. The first kappa shape index (κ1) is 18.5. The van der Waals surface area contributed by atoms with E-state index in [9.17, 15) is 18.5 Å². The average Bonchev–Trinajstić information content (AvgIpc) is 2.54. The molecule has 9 nitrogen and oxygen atoms in total. The van der Waals surface area contributed by atoms with Gasteiger partial charge in [-0.1, -0.05) is 6.07 Å². The molecule has 0 aliphatic rings. The number of methoxy groups -OCH3 is 1. The maximum Gasteiger partial charge on any atom is 0.341 e. The summed E-state index contributed by atoms with van der Waals surface area (Å²) in [5.74, 6) is -0.233. The molecule has 0 amide bonds. The van der Waals surface area contributed by atoms with Crippen LogP contribution in [0.25, 0.3) is 0 Å². The Morgan fingerprint density at radius 3 is 2.44 bits per heavy atom. The number of anilines is 2. The van der Waals surface area contributed by atoms with E-state index in [0.717, 1.165) is 11.6 Å². The molecule has 2 aromatic rings. The average molecular weight is 367 g/mol. The first-order chi connectivity index (χ1) is 11.7. The van der Waals surface area contributed by atoms with Crippen molar-refractivity contribution in [2.24, 2.45) is 0 Å². The molecule has 25 heavy (non-hydrogen) atoms. The number of nitrogens with zero attached hydrogens (tertiary/aromatic N) is 1. The van der Waals surface area contributed by atoms with Gasteiger partial charge in [-0.05, 0) is 36.2 Å². The summed E-state index contributed by atoms with van der Waals surface area (Å²) in [5, 5.41) is 10.9. The Morgan fingerprint density at radius 1 is 1.12 bits per heavy atom. The van der Waals surface area contributed by atoms with Crippen LogP contribution in [0.15, 0.2) is 41.3 Å². The van der Waals surface area contributed by atoms with Crippen molar-refractivity contribution in [2.75, 3.05) is 25.2 Å². The lowest BCUT2D eigenvalue weighted by Gasteiger charge is -2.11. The predicted molar refractivity (Wildman–Crippen MR) is 91.8 cm³/mol. The lowest BCUT2D eigenvalue weighted by molar-refractivity contribution is -0.383. The fraction of sp³-hybridized carbons (Fsp3) is 0.200. The van der Waals surface area contributed by atoms with Crippen molar-refractivity contribution in [1.29, 1.82) is 0 Å². The lowest BCUT2D eigenvalue weighted by Crippen LogP contribution is -2.13. The molecule has 134 valence electrons. The third-order valence-electron chi connectivity index (χ3n) is 3.34. The normalized spacial score (nSPS) is 11.2. The minimum absolute atomic E-state index is 0.0125.